The first-order valence-corrected chi connectivity index (χ1v) is 10.5. The van der Waals surface area contributed by atoms with Crippen LogP contribution in [0.1, 0.15) is 39.8 Å². The number of H-pyrrole nitrogens is 1. The molecule has 0 radical (unpaired) electrons. The van der Waals surface area contributed by atoms with Crippen LogP contribution in [-0.2, 0) is 9.53 Å². The van der Waals surface area contributed by atoms with Gasteiger partial charge in [0.25, 0.3) is 11.8 Å². The van der Waals surface area contributed by atoms with Gasteiger partial charge in [-0.1, -0.05) is 0 Å². The van der Waals surface area contributed by atoms with Crippen molar-refractivity contribution in [2.45, 2.75) is 19.9 Å². The number of nitrogens with zero attached hydrogens (tertiary/aromatic N) is 2. The average molecular weight is 452 g/mol. The van der Waals surface area contributed by atoms with E-state index >= 15 is 4.39 Å². The first-order chi connectivity index (χ1) is 15.7. The molecule has 1 atom stereocenters. The molecule has 2 aromatic rings. The highest BCUT2D eigenvalue weighted by atomic mass is 19.1. The number of aromatic amines is 1. The molecule has 172 valence electrons. The van der Waals surface area contributed by atoms with Gasteiger partial charge >= 0.3 is 0 Å². The van der Waals surface area contributed by atoms with Gasteiger partial charge in [-0.2, -0.15) is 0 Å². The molecule has 3 heterocycles. The molecule has 2 aliphatic heterocycles. The standard InChI is InChI=1S/C24H26FN5O3/c1-12-5-17-21(28-12)8-16-15-6-14(7-19(25)22(15)29-23(16)31)18(9-27-3)20(26)11-33-10-13(2)30(4)24(17)32/h5-9,13,28H,10-11,26H2,1-4H3,(H,29,31)/b16-8-,20-18+,27-9?. The molecule has 0 saturated carbocycles. The number of hydrogen-bond acceptors (Lipinski definition) is 5. The van der Waals surface area contributed by atoms with Gasteiger partial charge in [-0.15, -0.1) is 0 Å². The molecule has 0 saturated heterocycles. The topological polar surface area (TPSA) is 113 Å². The van der Waals surface area contributed by atoms with Crippen LogP contribution in [0.15, 0.2) is 28.9 Å². The number of anilines is 1. The number of aryl methyl sites for hydroxylation is 1. The number of rotatable bonds is 1. The Balaban J connectivity index is 1.98. The Morgan fingerprint density at radius 3 is 2.76 bits per heavy atom. The van der Waals surface area contributed by atoms with Gasteiger partial charge < -0.3 is 25.7 Å². The van der Waals surface area contributed by atoms with Crippen LogP contribution in [0.3, 0.4) is 0 Å². The van der Waals surface area contributed by atoms with Crippen LogP contribution in [0, 0.1) is 12.7 Å². The zero-order valence-electron chi connectivity index (χ0n) is 19.0. The van der Waals surface area contributed by atoms with Crippen LogP contribution in [0.5, 0.6) is 0 Å². The van der Waals surface area contributed by atoms with Crippen molar-refractivity contribution in [2.24, 2.45) is 10.7 Å². The molecule has 1 aromatic heterocycles. The maximum atomic E-state index is 15.0. The highest BCUT2D eigenvalue weighted by Crippen LogP contribution is 2.38. The number of nitrogens with one attached hydrogen (secondary N) is 2. The highest BCUT2D eigenvalue weighted by molar-refractivity contribution is 6.35. The van der Waals surface area contributed by atoms with Crippen molar-refractivity contribution in [1.29, 1.82) is 0 Å². The zero-order chi connectivity index (χ0) is 23.9. The quantitative estimate of drug-likeness (QED) is 0.579. The number of halogens is 1. The number of fused-ring (bicyclic) bond motifs is 2. The fourth-order valence-corrected chi connectivity index (χ4v) is 3.98. The predicted octanol–water partition coefficient (Wildman–Crippen LogP) is 2.82. The highest BCUT2D eigenvalue weighted by Gasteiger charge is 2.30. The molecule has 33 heavy (non-hydrogen) atoms. The van der Waals surface area contributed by atoms with Crippen molar-refractivity contribution < 1.29 is 18.7 Å². The summed E-state index contributed by atoms with van der Waals surface area (Å²) in [5, 5.41) is 2.59. The number of likely N-dealkylation sites (N-methyl/N-ethyl adjacent to an activating group) is 1. The van der Waals surface area contributed by atoms with Crippen molar-refractivity contribution >= 4 is 40.9 Å². The third-order valence-electron chi connectivity index (χ3n) is 5.88. The van der Waals surface area contributed by atoms with E-state index in [1.807, 2.05) is 13.8 Å². The number of nitrogens with two attached hydrogens (primary N) is 1. The Labute approximate surface area is 191 Å². The molecule has 1 aromatic carbocycles. The van der Waals surface area contributed by atoms with Crippen molar-refractivity contribution in [3.8, 4) is 0 Å². The summed E-state index contributed by atoms with van der Waals surface area (Å²) in [5.41, 5.74) is 9.99. The van der Waals surface area contributed by atoms with E-state index in [1.165, 1.54) is 12.3 Å². The number of carbonyl (C=O) groups excluding carboxylic acids is 2. The fourth-order valence-electron chi connectivity index (χ4n) is 3.98. The Morgan fingerprint density at radius 2 is 2.03 bits per heavy atom. The number of allylic oxidation sites excluding steroid dienone is 1. The molecule has 8 nitrogen and oxygen atoms in total. The summed E-state index contributed by atoms with van der Waals surface area (Å²) in [6.07, 6.45) is 3.12. The van der Waals surface area contributed by atoms with Crippen LogP contribution >= 0.6 is 0 Å². The molecule has 1 unspecified atom stereocenters. The lowest BCUT2D eigenvalue weighted by Crippen LogP contribution is -2.38. The summed E-state index contributed by atoms with van der Waals surface area (Å²) in [4.78, 5) is 34.8. The Hall–Kier alpha value is -3.72. The van der Waals surface area contributed by atoms with E-state index in [1.54, 1.807) is 37.2 Å². The Bertz CT molecular complexity index is 1240. The Morgan fingerprint density at radius 1 is 1.27 bits per heavy atom. The first kappa shape index (κ1) is 22.5. The van der Waals surface area contributed by atoms with Gasteiger partial charge in [0.05, 0.1) is 41.8 Å². The summed E-state index contributed by atoms with van der Waals surface area (Å²) in [7, 11) is 3.29. The van der Waals surface area contributed by atoms with Crippen LogP contribution in [0.2, 0.25) is 0 Å². The molecule has 2 aliphatic rings. The molecule has 0 fully saturated rings. The van der Waals surface area contributed by atoms with Gasteiger partial charge in [-0.05, 0) is 43.7 Å². The zero-order valence-corrected chi connectivity index (χ0v) is 19.0. The minimum Gasteiger partial charge on any atom is -0.400 e. The van der Waals surface area contributed by atoms with Crippen molar-refractivity contribution in [3.05, 3.63) is 57.8 Å². The van der Waals surface area contributed by atoms with Gasteiger partial charge in [0.2, 0.25) is 0 Å². The summed E-state index contributed by atoms with van der Waals surface area (Å²) >= 11 is 0. The lowest BCUT2D eigenvalue weighted by molar-refractivity contribution is -0.110. The van der Waals surface area contributed by atoms with Crippen LogP contribution in [0.4, 0.5) is 10.1 Å². The largest absolute Gasteiger partial charge is 0.400 e. The molecule has 2 amide bonds. The molecule has 4 rings (SSSR count). The molecule has 9 heteroatoms. The SMILES string of the molecule is CN=C/C1=C(\N)COCC(C)N(C)C(=O)c2cc(C)[nH]c2/C=C2\C(=O)Nc3c(F)cc1cc32. The first-order valence-electron chi connectivity index (χ1n) is 10.5. The second-order valence-corrected chi connectivity index (χ2v) is 8.28. The van der Waals surface area contributed by atoms with E-state index in [9.17, 15) is 9.59 Å². The van der Waals surface area contributed by atoms with Gasteiger partial charge in [0, 0.05) is 42.8 Å². The minimum atomic E-state index is -0.591. The lowest BCUT2D eigenvalue weighted by atomic mass is 9.97. The number of aromatic nitrogens is 1. The summed E-state index contributed by atoms with van der Waals surface area (Å²) in [6, 6.07) is 4.50. The monoisotopic (exact) mass is 451 g/mol. The van der Waals surface area contributed by atoms with E-state index in [0.717, 1.165) is 5.69 Å². The van der Waals surface area contributed by atoms with E-state index < -0.39 is 11.7 Å². The number of amides is 2. The smallest absolute Gasteiger partial charge is 0.256 e. The molecule has 2 bridgehead atoms. The van der Waals surface area contributed by atoms with Crippen LogP contribution in [0.25, 0.3) is 17.2 Å². The second kappa shape index (κ2) is 8.67. The normalized spacial score (nSPS) is 23.1. The molecular formula is C24H26FN5O3. The third-order valence-corrected chi connectivity index (χ3v) is 5.88. The number of carbonyl (C=O) groups is 2. The van der Waals surface area contributed by atoms with Gasteiger partial charge in [-0.25, -0.2) is 4.39 Å². The van der Waals surface area contributed by atoms with Crippen LogP contribution in [-0.4, -0.2) is 61.3 Å². The Kier molecular flexibility index (Phi) is 5.90. The third kappa shape index (κ3) is 4.07. The van der Waals surface area contributed by atoms with Gasteiger partial charge in [0.1, 0.15) is 5.82 Å². The number of hydrogen-bond donors (Lipinski definition) is 3. The number of benzene rings is 1. The molecule has 4 N–H and O–H groups in total. The fraction of sp³-hybridized carbons (Fsp3) is 0.292. The van der Waals surface area contributed by atoms with E-state index in [2.05, 4.69) is 15.3 Å². The van der Waals surface area contributed by atoms with Gasteiger partial charge in [0.15, 0.2) is 0 Å². The van der Waals surface area contributed by atoms with E-state index in [-0.39, 0.29) is 36.4 Å². The maximum Gasteiger partial charge on any atom is 0.256 e. The predicted molar refractivity (Wildman–Crippen MR) is 126 cm³/mol. The number of aliphatic imine (C=N–C) groups is 1. The summed E-state index contributed by atoms with van der Waals surface area (Å²) < 4.78 is 20.8. The average Bonchev–Trinajstić information content (AvgIpc) is 3.30. The lowest BCUT2D eigenvalue weighted by Gasteiger charge is -2.25. The molecule has 0 aliphatic carbocycles. The van der Waals surface area contributed by atoms with E-state index in [0.29, 0.717) is 33.7 Å². The van der Waals surface area contributed by atoms with Gasteiger partial charge in [-0.3, -0.25) is 14.6 Å². The van der Waals surface area contributed by atoms with E-state index in [4.69, 9.17) is 10.5 Å². The van der Waals surface area contributed by atoms with Crippen molar-refractivity contribution in [2.75, 3.05) is 32.6 Å². The second-order valence-electron chi connectivity index (χ2n) is 8.28. The van der Waals surface area contributed by atoms with Crippen molar-refractivity contribution in [1.82, 2.24) is 9.88 Å². The number of ether oxygens (including phenoxy) is 1. The summed E-state index contributed by atoms with van der Waals surface area (Å²) in [6.45, 7) is 4.02. The minimum absolute atomic E-state index is 0.0703. The molecular weight excluding hydrogens is 425 g/mol. The van der Waals surface area contributed by atoms with Crippen LogP contribution < -0.4 is 11.1 Å². The van der Waals surface area contributed by atoms with Crippen molar-refractivity contribution in [3.63, 3.8) is 0 Å². The maximum absolute atomic E-state index is 15.0. The molecule has 0 spiro atoms. The summed E-state index contributed by atoms with van der Waals surface area (Å²) in [5.74, 6) is -1.27.